The lowest BCUT2D eigenvalue weighted by molar-refractivity contribution is -0.120. The quantitative estimate of drug-likeness (QED) is 0.469. The van der Waals surface area contributed by atoms with Gasteiger partial charge in [-0.1, -0.05) is 37.3 Å². The summed E-state index contributed by atoms with van der Waals surface area (Å²) in [7, 11) is 1.65. The second kappa shape index (κ2) is 11.0. The number of methoxy groups -OCH3 is 1. The molecule has 1 aliphatic heterocycles. The van der Waals surface area contributed by atoms with Gasteiger partial charge in [0.2, 0.25) is 0 Å². The molecule has 33 heavy (non-hydrogen) atoms. The third-order valence-electron chi connectivity index (χ3n) is 5.77. The molecular weight excluding hydrogens is 438 g/mol. The van der Waals surface area contributed by atoms with Crippen molar-refractivity contribution in [1.29, 1.82) is 0 Å². The van der Waals surface area contributed by atoms with Gasteiger partial charge in [0.05, 0.1) is 30.5 Å². The van der Waals surface area contributed by atoms with Gasteiger partial charge in [0, 0.05) is 26.2 Å². The number of carbonyl (C=O) groups excluding carboxylic acids is 1. The maximum Gasteiger partial charge on any atom is 0.266 e. The maximum absolute atomic E-state index is 13.3. The Morgan fingerprint density at radius 1 is 1.15 bits per heavy atom. The van der Waals surface area contributed by atoms with E-state index in [9.17, 15) is 4.79 Å². The van der Waals surface area contributed by atoms with Crippen LogP contribution < -0.4 is 14.4 Å². The molecule has 7 nitrogen and oxygen atoms in total. The first-order chi connectivity index (χ1) is 16.0. The standard InChI is InChI=1S/C25H31N3O4S/c1-18(2)19-4-6-20(7-5-19)32-17-24(29)28(11-10-27-12-14-31-15-13-27)25-26-22-9-8-21(30-3)16-23(22)33-25/h4-9,16,18H,10-15,17H2,1-3H3. The summed E-state index contributed by atoms with van der Waals surface area (Å²) >= 11 is 1.49. The SMILES string of the molecule is COc1ccc2nc(N(CCN3CCOCC3)C(=O)COc3ccc(C(C)C)cc3)sc2c1. The van der Waals surface area contributed by atoms with Gasteiger partial charge >= 0.3 is 0 Å². The highest BCUT2D eigenvalue weighted by molar-refractivity contribution is 7.22. The number of hydrogen-bond acceptors (Lipinski definition) is 7. The van der Waals surface area contributed by atoms with Crippen LogP contribution in [-0.4, -0.2) is 68.9 Å². The smallest absolute Gasteiger partial charge is 0.266 e. The van der Waals surface area contributed by atoms with Crippen LogP contribution in [0.5, 0.6) is 11.5 Å². The van der Waals surface area contributed by atoms with Crippen molar-refractivity contribution >= 4 is 32.6 Å². The van der Waals surface area contributed by atoms with E-state index in [1.165, 1.54) is 16.9 Å². The summed E-state index contributed by atoms with van der Waals surface area (Å²) in [6, 6.07) is 13.7. The zero-order valence-electron chi connectivity index (χ0n) is 19.5. The fourth-order valence-electron chi connectivity index (χ4n) is 3.70. The maximum atomic E-state index is 13.3. The number of thiazole rings is 1. The van der Waals surface area contributed by atoms with Gasteiger partial charge in [-0.2, -0.15) is 0 Å². The van der Waals surface area contributed by atoms with Crippen LogP contribution in [0, 0.1) is 0 Å². The van der Waals surface area contributed by atoms with Crippen molar-refractivity contribution in [2.45, 2.75) is 19.8 Å². The number of anilines is 1. The average molecular weight is 470 g/mol. The number of morpholine rings is 1. The molecule has 1 fully saturated rings. The third kappa shape index (κ3) is 6.01. The number of carbonyl (C=O) groups is 1. The van der Waals surface area contributed by atoms with Crippen LogP contribution in [0.1, 0.15) is 25.3 Å². The van der Waals surface area contributed by atoms with E-state index in [4.69, 9.17) is 19.2 Å². The molecular formula is C25H31N3O4S. The zero-order valence-corrected chi connectivity index (χ0v) is 20.3. The van der Waals surface area contributed by atoms with E-state index < -0.39 is 0 Å². The first kappa shape index (κ1) is 23.5. The highest BCUT2D eigenvalue weighted by Gasteiger charge is 2.22. The van der Waals surface area contributed by atoms with Crippen molar-refractivity contribution < 1.29 is 19.0 Å². The summed E-state index contributed by atoms with van der Waals surface area (Å²) in [6.45, 7) is 8.77. The Labute approximate surface area is 198 Å². The summed E-state index contributed by atoms with van der Waals surface area (Å²) in [5, 5.41) is 0.676. The summed E-state index contributed by atoms with van der Waals surface area (Å²) < 4.78 is 17.6. The first-order valence-corrected chi connectivity index (χ1v) is 12.1. The Balaban J connectivity index is 1.49. The molecule has 0 spiro atoms. The van der Waals surface area contributed by atoms with Crippen molar-refractivity contribution in [2.24, 2.45) is 0 Å². The molecule has 0 aliphatic carbocycles. The van der Waals surface area contributed by atoms with Gasteiger partial charge in [-0.3, -0.25) is 14.6 Å². The van der Waals surface area contributed by atoms with Gasteiger partial charge in [-0.15, -0.1) is 0 Å². The number of fused-ring (bicyclic) bond motifs is 1. The average Bonchev–Trinajstić information content (AvgIpc) is 3.26. The predicted octanol–water partition coefficient (Wildman–Crippen LogP) is 4.17. The molecule has 4 rings (SSSR count). The summed E-state index contributed by atoms with van der Waals surface area (Å²) in [5.74, 6) is 1.81. The molecule has 3 aromatic rings. The van der Waals surface area contributed by atoms with Gasteiger partial charge in [-0.05, 0) is 41.8 Å². The van der Waals surface area contributed by atoms with E-state index in [2.05, 4.69) is 18.7 Å². The van der Waals surface area contributed by atoms with E-state index >= 15 is 0 Å². The first-order valence-electron chi connectivity index (χ1n) is 11.3. The number of amides is 1. The topological polar surface area (TPSA) is 64.1 Å². The predicted molar refractivity (Wildman–Crippen MR) is 132 cm³/mol. The molecule has 1 aliphatic rings. The monoisotopic (exact) mass is 469 g/mol. The molecule has 176 valence electrons. The lowest BCUT2D eigenvalue weighted by atomic mass is 10.0. The number of ether oxygens (including phenoxy) is 3. The van der Waals surface area contributed by atoms with E-state index in [1.807, 2.05) is 42.5 Å². The van der Waals surface area contributed by atoms with E-state index in [-0.39, 0.29) is 12.5 Å². The molecule has 0 bridgehead atoms. The molecule has 1 aromatic heterocycles. The number of hydrogen-bond donors (Lipinski definition) is 0. The van der Waals surface area contributed by atoms with Crippen molar-refractivity contribution in [3.8, 4) is 11.5 Å². The number of benzene rings is 2. The van der Waals surface area contributed by atoms with Crippen LogP contribution in [0.25, 0.3) is 10.2 Å². The lowest BCUT2D eigenvalue weighted by Crippen LogP contribution is -2.44. The van der Waals surface area contributed by atoms with Crippen molar-refractivity contribution in [2.75, 3.05) is 58.0 Å². The minimum absolute atomic E-state index is 0.0383. The molecule has 1 amide bonds. The number of nitrogens with zero attached hydrogens (tertiary/aromatic N) is 3. The summed E-state index contributed by atoms with van der Waals surface area (Å²) in [6.07, 6.45) is 0. The van der Waals surface area contributed by atoms with E-state index in [1.54, 1.807) is 12.0 Å². The van der Waals surface area contributed by atoms with E-state index in [0.717, 1.165) is 48.8 Å². The fourth-order valence-corrected chi connectivity index (χ4v) is 4.74. The second-order valence-electron chi connectivity index (χ2n) is 8.34. The Kier molecular flexibility index (Phi) is 7.80. The molecule has 0 saturated carbocycles. The fraction of sp³-hybridized carbons (Fsp3) is 0.440. The van der Waals surface area contributed by atoms with Gasteiger partial charge in [-0.25, -0.2) is 4.98 Å². The van der Waals surface area contributed by atoms with Crippen LogP contribution in [0.15, 0.2) is 42.5 Å². The highest BCUT2D eigenvalue weighted by atomic mass is 32.1. The van der Waals surface area contributed by atoms with Gasteiger partial charge in [0.25, 0.3) is 5.91 Å². The van der Waals surface area contributed by atoms with Crippen molar-refractivity contribution in [3.63, 3.8) is 0 Å². The largest absolute Gasteiger partial charge is 0.497 e. The normalized spacial score (nSPS) is 14.5. The molecule has 1 saturated heterocycles. The molecule has 8 heteroatoms. The third-order valence-corrected chi connectivity index (χ3v) is 6.81. The lowest BCUT2D eigenvalue weighted by Gasteiger charge is -2.29. The number of aromatic nitrogens is 1. The number of rotatable bonds is 9. The van der Waals surface area contributed by atoms with Crippen LogP contribution in [-0.2, 0) is 9.53 Å². The second-order valence-corrected chi connectivity index (χ2v) is 9.35. The van der Waals surface area contributed by atoms with Crippen LogP contribution >= 0.6 is 11.3 Å². The van der Waals surface area contributed by atoms with Gasteiger partial charge in [0.15, 0.2) is 11.7 Å². The molecule has 2 heterocycles. The highest BCUT2D eigenvalue weighted by Crippen LogP contribution is 2.31. The Morgan fingerprint density at radius 3 is 2.58 bits per heavy atom. The summed E-state index contributed by atoms with van der Waals surface area (Å²) in [4.78, 5) is 22.0. The van der Waals surface area contributed by atoms with Crippen LogP contribution in [0.4, 0.5) is 5.13 Å². The molecule has 0 atom stereocenters. The van der Waals surface area contributed by atoms with Crippen LogP contribution in [0.3, 0.4) is 0 Å². The Hall–Kier alpha value is -2.68. The Bertz CT molecular complexity index is 1060. The van der Waals surface area contributed by atoms with Crippen molar-refractivity contribution in [1.82, 2.24) is 9.88 Å². The molecule has 0 unspecified atom stereocenters. The van der Waals surface area contributed by atoms with Crippen molar-refractivity contribution in [3.05, 3.63) is 48.0 Å². The zero-order chi connectivity index (χ0) is 23.2. The van der Waals surface area contributed by atoms with Crippen LogP contribution in [0.2, 0.25) is 0 Å². The molecule has 0 radical (unpaired) electrons. The molecule has 0 N–H and O–H groups in total. The minimum Gasteiger partial charge on any atom is -0.497 e. The van der Waals surface area contributed by atoms with Gasteiger partial charge in [0.1, 0.15) is 11.5 Å². The minimum atomic E-state index is -0.109. The van der Waals surface area contributed by atoms with E-state index in [0.29, 0.717) is 23.3 Å². The van der Waals surface area contributed by atoms with Gasteiger partial charge < -0.3 is 14.2 Å². The Morgan fingerprint density at radius 2 is 1.88 bits per heavy atom. The molecule has 2 aromatic carbocycles. The summed E-state index contributed by atoms with van der Waals surface area (Å²) in [5.41, 5.74) is 2.09.